The third kappa shape index (κ3) is 3.92. The quantitative estimate of drug-likeness (QED) is 0.0802. The number of aliphatic hydroxyl groups excluding tert-OH is 3. The minimum atomic E-state index is -4.84. The van der Waals surface area contributed by atoms with Gasteiger partial charge in [0.1, 0.15) is 24.6 Å². The van der Waals surface area contributed by atoms with Gasteiger partial charge in [0.25, 0.3) is 17.2 Å². The summed E-state index contributed by atoms with van der Waals surface area (Å²) in [5.74, 6) is 0.126. The molecule has 4 heterocycles. The number of anilines is 1. The van der Waals surface area contributed by atoms with Crippen molar-refractivity contribution in [3.63, 3.8) is 0 Å². The van der Waals surface area contributed by atoms with Crippen LogP contribution in [0.4, 0.5) is 11.5 Å². The summed E-state index contributed by atoms with van der Waals surface area (Å²) in [7, 11) is -4.84. The maximum Gasteiger partial charge on any atom is 0.469 e. The van der Waals surface area contributed by atoms with Crippen LogP contribution in [0.1, 0.15) is 18.0 Å². The molecule has 3 aromatic rings. The Morgan fingerprint density at radius 1 is 1.22 bits per heavy atom. The second-order valence-corrected chi connectivity index (χ2v) is 9.47. The molecule has 192 valence electrons. The highest BCUT2D eigenvalue weighted by atomic mass is 31.2. The number of phosphoric ester groups is 1. The predicted molar refractivity (Wildman–Crippen MR) is 114 cm³/mol. The zero-order chi connectivity index (χ0) is 26.0. The fraction of sp³-hybridized carbons (Fsp3) is 0.389. The Morgan fingerprint density at radius 2 is 1.92 bits per heavy atom. The van der Waals surface area contributed by atoms with Crippen molar-refractivity contribution in [2.24, 2.45) is 0 Å². The summed E-state index contributed by atoms with van der Waals surface area (Å²) in [5.41, 5.74) is -1.92. The number of ether oxygens (including phenoxy) is 1. The van der Waals surface area contributed by atoms with Crippen LogP contribution >= 0.6 is 7.82 Å². The highest BCUT2D eigenvalue weighted by Crippen LogP contribution is 2.40. The van der Waals surface area contributed by atoms with Gasteiger partial charge in [0.05, 0.1) is 11.5 Å². The lowest BCUT2D eigenvalue weighted by atomic mass is 10.0. The molecule has 1 saturated heterocycles. The molecule has 1 aromatic carbocycles. The van der Waals surface area contributed by atoms with E-state index in [1.54, 1.807) is 0 Å². The van der Waals surface area contributed by atoms with E-state index in [4.69, 9.17) is 14.5 Å². The number of nitro benzene ring substituents is 1. The van der Waals surface area contributed by atoms with Crippen LogP contribution in [0, 0.1) is 10.1 Å². The van der Waals surface area contributed by atoms with Crippen molar-refractivity contribution >= 4 is 30.5 Å². The van der Waals surface area contributed by atoms with Crippen LogP contribution < -0.4 is 9.88 Å². The molecule has 6 atom stereocenters. The molecule has 2 unspecified atom stereocenters. The van der Waals surface area contributed by atoms with Gasteiger partial charge in [-0.2, -0.15) is 0 Å². The fourth-order valence-corrected chi connectivity index (χ4v) is 4.55. The third-order valence-electron chi connectivity index (χ3n) is 6.04. The van der Waals surface area contributed by atoms with E-state index < -0.39 is 55.8 Å². The summed E-state index contributed by atoms with van der Waals surface area (Å²) in [5, 5.41) is 56.4. The minimum absolute atomic E-state index is 0.113. The number of benzene rings is 1. The van der Waals surface area contributed by atoms with Crippen molar-refractivity contribution in [2.75, 3.05) is 11.9 Å². The zero-order valence-electron chi connectivity index (χ0n) is 18.0. The number of nitro groups is 1. The summed E-state index contributed by atoms with van der Waals surface area (Å²) >= 11 is 0. The van der Waals surface area contributed by atoms with E-state index in [1.165, 1.54) is 46.1 Å². The van der Waals surface area contributed by atoms with Crippen molar-refractivity contribution in [1.82, 2.24) is 14.5 Å². The van der Waals surface area contributed by atoms with Crippen molar-refractivity contribution in [1.29, 1.82) is 0 Å². The van der Waals surface area contributed by atoms with Crippen molar-refractivity contribution in [2.45, 2.75) is 36.5 Å². The van der Waals surface area contributed by atoms with Gasteiger partial charge in [0, 0.05) is 17.7 Å². The van der Waals surface area contributed by atoms with Gasteiger partial charge < -0.3 is 34.9 Å². The number of nitrogens with zero attached hydrogens (tertiary/aromatic N) is 5. The van der Waals surface area contributed by atoms with Crippen LogP contribution in [0.5, 0.6) is 0 Å². The van der Waals surface area contributed by atoms with E-state index >= 15 is 0 Å². The Morgan fingerprint density at radius 3 is 2.56 bits per heavy atom. The summed E-state index contributed by atoms with van der Waals surface area (Å²) < 4.78 is 23.3. The number of hydrogen-bond acceptors (Lipinski definition) is 12. The Hall–Kier alpha value is -3.12. The number of fused-ring (bicyclic) bond motifs is 3. The van der Waals surface area contributed by atoms with Crippen LogP contribution in [0.2, 0.25) is 0 Å². The van der Waals surface area contributed by atoms with Gasteiger partial charge in [-0.1, -0.05) is 4.98 Å². The number of rotatable bonds is 6. The van der Waals surface area contributed by atoms with Crippen LogP contribution in [0.3, 0.4) is 0 Å². The molecule has 1 fully saturated rings. The molecule has 2 aliphatic heterocycles. The van der Waals surface area contributed by atoms with Gasteiger partial charge in [0.15, 0.2) is 11.7 Å². The van der Waals surface area contributed by atoms with E-state index in [0.29, 0.717) is 0 Å². The van der Waals surface area contributed by atoms with Crippen molar-refractivity contribution in [3.8, 4) is 0 Å². The molecule has 0 saturated carbocycles. The first-order valence-corrected chi connectivity index (χ1v) is 11.9. The number of non-ortho nitro benzene ring substituents is 1. The number of phosphoric acid groups is 1. The Labute approximate surface area is 200 Å². The smallest absolute Gasteiger partial charge is 0.387 e. The SMILES string of the molecule is O=[N+]([O-])c1ccc(C2(O)Nc3c4ncn([C@@H]5O[C@H](COP(=O)(O)O)[C@@H](O)[C@H]5O)c4nc[n+]3C2O)cc1. The van der Waals surface area contributed by atoms with Gasteiger partial charge in [0.2, 0.25) is 18.2 Å². The normalized spacial score (nSPS) is 29.9. The predicted octanol–water partition coefficient (Wildman–Crippen LogP) is -1.88. The van der Waals surface area contributed by atoms with Gasteiger partial charge in [-0.3, -0.25) is 24.5 Å². The second-order valence-electron chi connectivity index (χ2n) is 8.23. The molecule has 18 heteroatoms. The van der Waals surface area contributed by atoms with Crippen LogP contribution in [0.15, 0.2) is 36.9 Å². The topological polar surface area (TPSA) is 247 Å². The third-order valence-corrected chi connectivity index (χ3v) is 6.52. The van der Waals surface area contributed by atoms with E-state index in [0.717, 1.165) is 0 Å². The second kappa shape index (κ2) is 8.48. The first-order valence-electron chi connectivity index (χ1n) is 10.3. The van der Waals surface area contributed by atoms with E-state index in [1.807, 2.05) is 0 Å². The maximum absolute atomic E-state index is 11.2. The van der Waals surface area contributed by atoms with Crippen molar-refractivity contribution in [3.05, 3.63) is 52.6 Å². The number of imidazole rings is 1. The fourth-order valence-electron chi connectivity index (χ4n) is 4.21. The molecule has 0 radical (unpaired) electrons. The first kappa shape index (κ1) is 24.6. The molecule has 36 heavy (non-hydrogen) atoms. The molecule has 0 bridgehead atoms. The molecule has 7 N–H and O–H groups in total. The van der Waals surface area contributed by atoms with Crippen LogP contribution in [-0.4, -0.2) is 74.6 Å². The molecule has 0 amide bonds. The first-order chi connectivity index (χ1) is 16.9. The molecule has 0 aliphatic carbocycles. The Bertz CT molecular complexity index is 1380. The van der Waals surface area contributed by atoms with Gasteiger partial charge in [-0.25, -0.2) is 14.1 Å². The lowest BCUT2D eigenvalue weighted by Crippen LogP contribution is -2.46. The van der Waals surface area contributed by atoms with E-state index in [-0.39, 0.29) is 28.2 Å². The highest BCUT2D eigenvalue weighted by Gasteiger charge is 2.53. The number of aliphatic hydroxyl groups is 4. The minimum Gasteiger partial charge on any atom is -0.387 e. The summed E-state index contributed by atoms with van der Waals surface area (Å²) in [6.07, 6.45) is -4.80. The molecule has 2 aromatic heterocycles. The number of aromatic nitrogens is 4. The number of nitrogens with one attached hydrogen (secondary N) is 1. The molecular weight excluding hydrogens is 507 g/mol. The average Bonchev–Trinajstić information content (AvgIpc) is 3.46. The average molecular weight is 527 g/mol. The van der Waals surface area contributed by atoms with E-state index in [2.05, 4.69) is 19.8 Å². The standard InChI is InChI=1S/C18H19N6O11P/c25-12-10(5-34-36(31,32)33)35-16(13(12)26)22-6-19-11-14(22)20-7-23-15(11)21-18(28,17(23)27)8-1-3-9(4-2-8)24(29)30/h1-4,6-7,10,12-13,16-17,25-28H,5H2,(H2,31,32,33)/p+1/t10-,12-,13-,16-,17?,18?/m1/s1. The molecule has 2 aliphatic rings. The van der Waals surface area contributed by atoms with Crippen LogP contribution in [-0.2, 0) is 19.6 Å². The number of hydrogen-bond donors (Lipinski definition) is 7. The van der Waals surface area contributed by atoms with Gasteiger partial charge >= 0.3 is 7.82 Å². The van der Waals surface area contributed by atoms with Gasteiger partial charge in [-0.15, -0.1) is 0 Å². The van der Waals surface area contributed by atoms with Gasteiger partial charge in [-0.05, 0) is 12.1 Å². The Kier molecular flexibility index (Phi) is 5.79. The Balaban J connectivity index is 1.45. The summed E-state index contributed by atoms with van der Waals surface area (Å²) in [4.78, 5) is 36.5. The highest BCUT2D eigenvalue weighted by molar-refractivity contribution is 7.46. The molecule has 5 rings (SSSR count). The molecular formula is C18H20N6O11P+. The summed E-state index contributed by atoms with van der Waals surface area (Å²) in [6, 6.07) is 4.92. The maximum atomic E-state index is 11.2. The lowest BCUT2D eigenvalue weighted by Gasteiger charge is -2.22. The van der Waals surface area contributed by atoms with E-state index in [9.17, 15) is 35.1 Å². The van der Waals surface area contributed by atoms with Crippen molar-refractivity contribution < 1.29 is 53.5 Å². The molecule has 17 nitrogen and oxygen atoms in total. The largest absolute Gasteiger partial charge is 0.469 e. The monoisotopic (exact) mass is 527 g/mol. The van der Waals surface area contributed by atoms with Crippen LogP contribution in [0.25, 0.3) is 11.2 Å². The lowest BCUT2D eigenvalue weighted by molar-refractivity contribution is -0.751. The zero-order valence-corrected chi connectivity index (χ0v) is 18.9. The molecule has 0 spiro atoms. The summed E-state index contributed by atoms with van der Waals surface area (Å²) in [6.45, 7) is -0.694.